The molecule has 120 valence electrons. The molecule has 0 amide bonds. The van der Waals surface area contributed by atoms with Crippen molar-refractivity contribution >= 4 is 27.7 Å². The fourth-order valence-electron chi connectivity index (χ4n) is 2.39. The zero-order chi connectivity index (χ0) is 16.6. The third kappa shape index (κ3) is 3.30. The summed E-state index contributed by atoms with van der Waals surface area (Å²) in [4.78, 5) is 4.15. The van der Waals surface area contributed by atoms with Crippen LogP contribution in [0.5, 0.6) is 0 Å². The molecule has 8 heteroatoms. The quantitative estimate of drug-likeness (QED) is 0.673. The number of halogens is 3. The van der Waals surface area contributed by atoms with Crippen molar-refractivity contribution in [1.29, 1.82) is 0 Å². The standard InChI is InChI=1S/C15H14BrClFN5/c1-3-11-6-12(23(17)20-11)4-9-8-22(2)21-14(9)15-13(16)5-10(18)7-19-15/h5-8H,3-4H2,1-2H3. The van der Waals surface area contributed by atoms with E-state index in [2.05, 4.69) is 31.1 Å². The predicted octanol–water partition coefficient (Wildman–Crippen LogP) is 3.74. The molecular weight excluding hydrogens is 385 g/mol. The maximum Gasteiger partial charge on any atom is 0.142 e. The van der Waals surface area contributed by atoms with Gasteiger partial charge in [0.1, 0.15) is 17.2 Å². The molecule has 5 nitrogen and oxygen atoms in total. The van der Waals surface area contributed by atoms with Crippen LogP contribution in [-0.2, 0) is 19.9 Å². The van der Waals surface area contributed by atoms with Gasteiger partial charge in [-0.25, -0.2) is 4.39 Å². The van der Waals surface area contributed by atoms with Gasteiger partial charge in [-0.2, -0.15) is 14.4 Å². The zero-order valence-electron chi connectivity index (χ0n) is 12.6. The molecule has 3 rings (SSSR count). The van der Waals surface area contributed by atoms with Crippen molar-refractivity contribution in [2.24, 2.45) is 7.05 Å². The van der Waals surface area contributed by atoms with Crippen molar-refractivity contribution in [3.05, 3.63) is 51.8 Å². The molecule has 0 radical (unpaired) electrons. The second kappa shape index (κ2) is 6.41. The van der Waals surface area contributed by atoms with Crippen LogP contribution in [0.2, 0.25) is 0 Å². The molecular formula is C15H14BrClFN5. The first-order valence-corrected chi connectivity index (χ1v) is 8.19. The van der Waals surface area contributed by atoms with Crippen molar-refractivity contribution in [2.75, 3.05) is 0 Å². The Bertz CT molecular complexity index is 858. The minimum absolute atomic E-state index is 0.399. The van der Waals surface area contributed by atoms with E-state index in [9.17, 15) is 4.39 Å². The summed E-state index contributed by atoms with van der Waals surface area (Å²) in [6, 6.07) is 3.35. The predicted molar refractivity (Wildman–Crippen MR) is 89.8 cm³/mol. The molecule has 0 aliphatic heterocycles. The molecule has 0 saturated carbocycles. The molecule has 23 heavy (non-hydrogen) atoms. The van der Waals surface area contributed by atoms with Crippen LogP contribution in [-0.4, -0.2) is 24.1 Å². The molecule has 0 fully saturated rings. The van der Waals surface area contributed by atoms with Crippen LogP contribution in [0.25, 0.3) is 11.4 Å². The van der Waals surface area contributed by atoms with Gasteiger partial charge in [0.25, 0.3) is 0 Å². The lowest BCUT2D eigenvalue weighted by Gasteiger charge is -2.04. The monoisotopic (exact) mass is 397 g/mol. The van der Waals surface area contributed by atoms with Crippen molar-refractivity contribution in [2.45, 2.75) is 19.8 Å². The number of aryl methyl sites for hydroxylation is 2. The van der Waals surface area contributed by atoms with Crippen LogP contribution in [0, 0.1) is 5.82 Å². The Kier molecular flexibility index (Phi) is 4.50. The summed E-state index contributed by atoms with van der Waals surface area (Å²) in [6.07, 6.45) is 4.46. The summed E-state index contributed by atoms with van der Waals surface area (Å²) >= 11 is 9.48. The second-order valence-electron chi connectivity index (χ2n) is 5.18. The van der Waals surface area contributed by atoms with Gasteiger partial charge in [0.15, 0.2) is 0 Å². The van der Waals surface area contributed by atoms with Gasteiger partial charge in [-0.05, 0) is 34.5 Å². The Balaban J connectivity index is 2.02. The van der Waals surface area contributed by atoms with E-state index in [1.165, 1.54) is 16.5 Å². The lowest BCUT2D eigenvalue weighted by Crippen LogP contribution is -1.97. The minimum Gasteiger partial charge on any atom is -0.275 e. The van der Waals surface area contributed by atoms with Gasteiger partial charge >= 0.3 is 0 Å². The van der Waals surface area contributed by atoms with Gasteiger partial charge in [-0.3, -0.25) is 9.67 Å². The van der Waals surface area contributed by atoms with Crippen LogP contribution in [0.4, 0.5) is 4.39 Å². The second-order valence-corrected chi connectivity index (χ2v) is 6.35. The van der Waals surface area contributed by atoms with E-state index < -0.39 is 5.82 Å². The summed E-state index contributed by atoms with van der Waals surface area (Å²) in [7, 11) is 1.83. The van der Waals surface area contributed by atoms with Gasteiger partial charge in [0.05, 0.1) is 17.6 Å². The summed E-state index contributed by atoms with van der Waals surface area (Å²) in [5.74, 6) is -0.399. The van der Waals surface area contributed by atoms with E-state index in [-0.39, 0.29) is 0 Å². The third-order valence-corrected chi connectivity index (χ3v) is 4.35. The molecule has 3 aromatic heterocycles. The van der Waals surface area contributed by atoms with E-state index in [0.29, 0.717) is 22.3 Å². The van der Waals surface area contributed by atoms with Crippen molar-refractivity contribution in [3.63, 3.8) is 0 Å². The van der Waals surface area contributed by atoms with Gasteiger partial charge < -0.3 is 0 Å². The Morgan fingerprint density at radius 3 is 2.70 bits per heavy atom. The molecule has 0 spiro atoms. The first-order chi connectivity index (χ1) is 11.0. The van der Waals surface area contributed by atoms with E-state index in [4.69, 9.17) is 11.8 Å². The lowest BCUT2D eigenvalue weighted by molar-refractivity contribution is 0.620. The molecule has 0 N–H and O–H groups in total. The number of aromatic nitrogens is 5. The normalized spacial score (nSPS) is 11.2. The van der Waals surface area contributed by atoms with E-state index in [1.54, 1.807) is 4.68 Å². The molecule has 0 aromatic carbocycles. The van der Waals surface area contributed by atoms with E-state index in [0.717, 1.165) is 23.4 Å². The molecule has 0 aliphatic rings. The summed E-state index contributed by atoms with van der Waals surface area (Å²) in [6.45, 7) is 2.03. The van der Waals surface area contributed by atoms with Crippen LogP contribution in [0.15, 0.2) is 29.0 Å². The van der Waals surface area contributed by atoms with Crippen LogP contribution >= 0.6 is 27.7 Å². The van der Waals surface area contributed by atoms with Gasteiger partial charge in [-0.15, -0.1) is 0 Å². The topological polar surface area (TPSA) is 48.5 Å². The average molecular weight is 399 g/mol. The first-order valence-electron chi connectivity index (χ1n) is 7.05. The fraction of sp³-hybridized carbons (Fsp3) is 0.267. The first kappa shape index (κ1) is 16.1. The van der Waals surface area contributed by atoms with E-state index >= 15 is 0 Å². The highest BCUT2D eigenvalue weighted by molar-refractivity contribution is 9.10. The van der Waals surface area contributed by atoms with Gasteiger partial charge in [-0.1, -0.05) is 6.92 Å². The minimum atomic E-state index is -0.399. The number of hydrogen-bond acceptors (Lipinski definition) is 3. The highest BCUT2D eigenvalue weighted by Crippen LogP contribution is 2.29. The summed E-state index contributed by atoms with van der Waals surface area (Å²) in [5, 5.41) is 8.70. The van der Waals surface area contributed by atoms with Gasteiger partial charge in [0, 0.05) is 41.5 Å². The Labute approximate surface area is 146 Å². The number of rotatable bonds is 4. The lowest BCUT2D eigenvalue weighted by atomic mass is 10.1. The number of nitrogens with zero attached hydrogens (tertiary/aromatic N) is 5. The number of pyridine rings is 1. The highest BCUT2D eigenvalue weighted by atomic mass is 79.9. The maximum absolute atomic E-state index is 13.3. The molecule has 0 atom stereocenters. The molecule has 0 aliphatic carbocycles. The Hall–Kier alpha value is -1.73. The highest BCUT2D eigenvalue weighted by Gasteiger charge is 2.17. The fourth-order valence-corrected chi connectivity index (χ4v) is 3.11. The van der Waals surface area contributed by atoms with Crippen LogP contribution in [0.3, 0.4) is 0 Å². The van der Waals surface area contributed by atoms with Crippen molar-refractivity contribution in [3.8, 4) is 11.4 Å². The zero-order valence-corrected chi connectivity index (χ0v) is 14.9. The largest absolute Gasteiger partial charge is 0.275 e. The molecule has 3 aromatic rings. The van der Waals surface area contributed by atoms with Crippen LogP contribution in [0.1, 0.15) is 23.9 Å². The SMILES string of the molecule is CCc1cc(Cc2cn(C)nc2-c2ncc(F)cc2Br)n(Cl)n1. The average Bonchev–Trinajstić information content (AvgIpc) is 3.03. The van der Waals surface area contributed by atoms with Gasteiger partial charge in [0.2, 0.25) is 0 Å². The van der Waals surface area contributed by atoms with Crippen molar-refractivity contribution < 1.29 is 4.39 Å². The third-order valence-electron chi connectivity index (χ3n) is 3.46. The van der Waals surface area contributed by atoms with Crippen LogP contribution < -0.4 is 0 Å². The van der Waals surface area contributed by atoms with Crippen molar-refractivity contribution in [1.82, 2.24) is 24.1 Å². The number of hydrogen-bond donors (Lipinski definition) is 0. The summed E-state index contributed by atoms with van der Waals surface area (Å²) in [5.41, 5.74) is 4.03. The van der Waals surface area contributed by atoms with E-state index in [1.807, 2.05) is 26.2 Å². The Morgan fingerprint density at radius 2 is 2.04 bits per heavy atom. The maximum atomic E-state index is 13.3. The smallest absolute Gasteiger partial charge is 0.142 e. The molecule has 0 bridgehead atoms. The Morgan fingerprint density at radius 1 is 1.26 bits per heavy atom. The summed E-state index contributed by atoms with van der Waals surface area (Å²) < 4.78 is 16.9. The molecule has 0 saturated heterocycles. The molecule has 0 unspecified atom stereocenters. The molecule has 3 heterocycles.